The number of amides is 2. The summed E-state index contributed by atoms with van der Waals surface area (Å²) < 4.78 is 13.5. The molecule has 2 amide bonds. The number of carbonyl (C=O) groups is 1. The fourth-order valence-corrected chi connectivity index (χ4v) is 6.26. The normalized spacial score (nSPS) is 12.5. The van der Waals surface area contributed by atoms with Crippen LogP contribution < -0.4 is 10.6 Å². The van der Waals surface area contributed by atoms with E-state index in [9.17, 15) is 4.79 Å². The smallest absolute Gasteiger partial charge is 0.374 e. The minimum atomic E-state index is -2.75. The minimum Gasteiger partial charge on any atom is -0.374 e. The Kier molecular flexibility index (Phi) is 12.9. The fourth-order valence-electron chi connectivity index (χ4n) is 3.14. The first-order chi connectivity index (χ1) is 17.3. The van der Waals surface area contributed by atoms with Gasteiger partial charge in [0.15, 0.2) is 17.5 Å². The van der Waals surface area contributed by atoms with E-state index < -0.39 is 16.4 Å². The molecule has 1 aromatic heterocycles. The van der Waals surface area contributed by atoms with Crippen LogP contribution in [-0.4, -0.2) is 56.2 Å². The van der Waals surface area contributed by atoms with Gasteiger partial charge >= 0.3 is 14.8 Å². The molecule has 0 aliphatic heterocycles. The molecule has 206 valence electrons. The number of rotatable bonds is 12. The van der Waals surface area contributed by atoms with E-state index in [1.54, 1.807) is 24.3 Å². The number of hydrogen-bond acceptors (Lipinski definition) is 7. The molecule has 37 heavy (non-hydrogen) atoms. The molecule has 1 aromatic carbocycles. The van der Waals surface area contributed by atoms with Crippen molar-refractivity contribution in [1.82, 2.24) is 20.3 Å². The molecule has 16 heteroatoms. The number of benzene rings is 1. The van der Waals surface area contributed by atoms with Crippen LogP contribution in [0.25, 0.3) is 11.4 Å². The van der Waals surface area contributed by atoms with Crippen LogP contribution >= 0.6 is 69.6 Å². The van der Waals surface area contributed by atoms with Gasteiger partial charge in [0, 0.05) is 43.7 Å². The third-order valence-electron chi connectivity index (χ3n) is 4.58. The van der Waals surface area contributed by atoms with Gasteiger partial charge in [-0.1, -0.05) is 69.6 Å². The summed E-state index contributed by atoms with van der Waals surface area (Å²) in [5.41, 5.74) is 1.05. The summed E-state index contributed by atoms with van der Waals surface area (Å²) in [4.78, 5) is 24.6. The number of nitrogens with zero attached hydrogens (tertiary/aromatic N) is 3. The van der Waals surface area contributed by atoms with E-state index in [1.807, 2.05) is 20.8 Å². The minimum absolute atomic E-state index is 0.124. The molecular formula is C21H27Cl6N5O4Si. The zero-order valence-corrected chi connectivity index (χ0v) is 25.8. The Hall–Kier alpha value is -0.663. The molecule has 0 saturated heterocycles. The Morgan fingerprint density at radius 2 is 1.32 bits per heavy atom. The molecule has 0 fully saturated rings. The Morgan fingerprint density at radius 3 is 1.76 bits per heavy atom. The fraction of sp³-hybridized carbons (Fsp3) is 0.524. The van der Waals surface area contributed by atoms with Crippen molar-refractivity contribution in [2.75, 3.05) is 31.7 Å². The first-order valence-corrected chi connectivity index (χ1v) is 15.5. The maximum Gasteiger partial charge on any atom is 0.500 e. The average molecular weight is 654 g/mol. The monoisotopic (exact) mass is 651 g/mol. The summed E-state index contributed by atoms with van der Waals surface area (Å²) in [6.45, 7) is 7.61. The summed E-state index contributed by atoms with van der Waals surface area (Å²) in [6, 6.07) is 6.83. The van der Waals surface area contributed by atoms with Crippen LogP contribution in [0.1, 0.15) is 38.8 Å². The number of carbonyl (C=O) groups excluding carboxylic acids is 1. The van der Waals surface area contributed by atoms with Gasteiger partial charge in [-0.25, -0.2) is 19.7 Å². The van der Waals surface area contributed by atoms with Gasteiger partial charge < -0.3 is 23.9 Å². The largest absolute Gasteiger partial charge is 0.500 e. The number of anilines is 1. The van der Waals surface area contributed by atoms with Crippen molar-refractivity contribution in [3.05, 3.63) is 35.9 Å². The van der Waals surface area contributed by atoms with Crippen LogP contribution in [0.5, 0.6) is 0 Å². The summed E-state index contributed by atoms with van der Waals surface area (Å²) in [7, 11) is -2.75. The quantitative estimate of drug-likeness (QED) is 0.148. The van der Waals surface area contributed by atoms with Crippen LogP contribution in [0.2, 0.25) is 6.04 Å². The number of aromatic nitrogens is 3. The average Bonchev–Trinajstić information content (AvgIpc) is 2.81. The first kappa shape index (κ1) is 32.5. The molecule has 2 N–H and O–H groups in total. The third-order valence-corrected chi connectivity index (χ3v) is 8.75. The number of nitrogens with one attached hydrogen (secondary N) is 2. The van der Waals surface area contributed by atoms with Crippen LogP contribution in [0.4, 0.5) is 10.5 Å². The summed E-state index contributed by atoms with van der Waals surface area (Å²) in [6.07, 6.45) is 0.634. The predicted octanol–water partition coefficient (Wildman–Crippen LogP) is 6.75. The second kappa shape index (κ2) is 14.6. The van der Waals surface area contributed by atoms with Gasteiger partial charge in [-0.05, 0) is 51.5 Å². The molecule has 0 saturated carbocycles. The van der Waals surface area contributed by atoms with Gasteiger partial charge in [0.25, 0.3) is 0 Å². The van der Waals surface area contributed by atoms with Gasteiger partial charge in [-0.3, -0.25) is 0 Å². The topological polar surface area (TPSA) is 107 Å². The molecule has 0 unspecified atom stereocenters. The lowest BCUT2D eigenvalue weighted by atomic mass is 10.2. The Bertz CT molecular complexity index is 975. The highest BCUT2D eigenvalue weighted by Gasteiger charge is 2.39. The third kappa shape index (κ3) is 10.4. The maximum absolute atomic E-state index is 12.4. The molecule has 0 bridgehead atoms. The second-order valence-corrected chi connectivity index (χ2v) is 14.6. The van der Waals surface area contributed by atoms with Crippen LogP contribution in [0.15, 0.2) is 24.3 Å². The Balaban J connectivity index is 2.02. The molecule has 0 radical (unpaired) electrons. The molecule has 2 aromatic rings. The van der Waals surface area contributed by atoms with E-state index in [0.717, 1.165) is 0 Å². The summed E-state index contributed by atoms with van der Waals surface area (Å²) in [5, 5.41) is 5.56. The lowest BCUT2D eigenvalue weighted by Crippen LogP contribution is -2.46. The number of halogens is 6. The van der Waals surface area contributed by atoms with Crippen LogP contribution in [0, 0.1) is 0 Å². The van der Waals surface area contributed by atoms with E-state index in [4.69, 9.17) is 82.9 Å². The molecule has 1 heterocycles. The molecule has 2 rings (SSSR count). The van der Waals surface area contributed by atoms with Gasteiger partial charge in [-0.15, -0.1) is 0 Å². The van der Waals surface area contributed by atoms with E-state index in [-0.39, 0.29) is 23.5 Å². The first-order valence-electron chi connectivity index (χ1n) is 11.3. The van der Waals surface area contributed by atoms with Crippen molar-refractivity contribution < 1.29 is 18.1 Å². The molecule has 0 aliphatic rings. The standard InChI is InChI=1S/C21H27Cl6N5O4Si/c1-4-34-37(35-5-2,36-6-3)13-7-12-28-19(33)29-15-10-8-14(9-11-15)16-30-17(20(22,23)24)32-18(31-16)21(25,26)27/h8-11H,4-7,12-13H2,1-3H3,(H2,28,29,33). The molecule has 0 spiro atoms. The zero-order valence-electron chi connectivity index (χ0n) is 20.3. The van der Waals surface area contributed by atoms with Crippen molar-refractivity contribution in [2.45, 2.75) is 40.8 Å². The molecular weight excluding hydrogens is 627 g/mol. The van der Waals surface area contributed by atoms with E-state index in [0.29, 0.717) is 50.1 Å². The SMILES string of the molecule is CCO[Si](CCCNC(=O)Nc1ccc(-c2nc(C(Cl)(Cl)Cl)nc(C(Cl)(Cl)Cl)n2)cc1)(OCC)OCC. The molecule has 9 nitrogen and oxygen atoms in total. The predicted molar refractivity (Wildman–Crippen MR) is 151 cm³/mol. The summed E-state index contributed by atoms with van der Waals surface area (Å²) in [5.74, 6) is -0.273. The van der Waals surface area contributed by atoms with Crippen molar-refractivity contribution in [2.24, 2.45) is 0 Å². The lowest BCUT2D eigenvalue weighted by Gasteiger charge is -2.28. The second-order valence-electron chi connectivity index (χ2n) is 7.35. The van der Waals surface area contributed by atoms with Crippen molar-refractivity contribution in [3.63, 3.8) is 0 Å². The Morgan fingerprint density at radius 1 is 0.838 bits per heavy atom. The number of urea groups is 1. The van der Waals surface area contributed by atoms with E-state index in [1.165, 1.54) is 0 Å². The van der Waals surface area contributed by atoms with Gasteiger partial charge in [0.1, 0.15) is 0 Å². The number of hydrogen-bond donors (Lipinski definition) is 2. The number of alkyl halides is 6. The van der Waals surface area contributed by atoms with E-state index in [2.05, 4.69) is 25.6 Å². The van der Waals surface area contributed by atoms with Gasteiger partial charge in [0.2, 0.25) is 7.59 Å². The van der Waals surface area contributed by atoms with Crippen molar-refractivity contribution >= 4 is 90.1 Å². The Labute approximate surface area is 247 Å². The van der Waals surface area contributed by atoms with E-state index >= 15 is 0 Å². The van der Waals surface area contributed by atoms with Gasteiger partial charge in [-0.2, -0.15) is 0 Å². The zero-order chi connectivity index (χ0) is 27.7. The van der Waals surface area contributed by atoms with Crippen molar-refractivity contribution in [3.8, 4) is 11.4 Å². The highest BCUT2D eigenvalue weighted by molar-refractivity contribution is 6.67. The van der Waals surface area contributed by atoms with Crippen molar-refractivity contribution in [1.29, 1.82) is 0 Å². The molecule has 0 aliphatic carbocycles. The van der Waals surface area contributed by atoms with Gasteiger partial charge in [0.05, 0.1) is 0 Å². The van der Waals surface area contributed by atoms with Crippen LogP contribution in [-0.2, 0) is 20.9 Å². The van der Waals surface area contributed by atoms with Crippen LogP contribution in [0.3, 0.4) is 0 Å². The summed E-state index contributed by atoms with van der Waals surface area (Å²) >= 11 is 35.5. The molecule has 0 atom stereocenters. The highest BCUT2D eigenvalue weighted by atomic mass is 35.6. The lowest BCUT2D eigenvalue weighted by molar-refractivity contribution is 0.0708. The maximum atomic E-state index is 12.4. The highest BCUT2D eigenvalue weighted by Crippen LogP contribution is 2.40.